The van der Waals surface area contributed by atoms with Crippen molar-refractivity contribution in [3.8, 4) is 0 Å². The van der Waals surface area contributed by atoms with Crippen LogP contribution < -0.4 is 5.32 Å². The van der Waals surface area contributed by atoms with Crippen LogP contribution in [0.1, 0.15) is 19.4 Å². The summed E-state index contributed by atoms with van der Waals surface area (Å²) < 4.78 is 8.46. The predicted octanol–water partition coefficient (Wildman–Crippen LogP) is 3.54. The lowest BCUT2D eigenvalue weighted by atomic mass is 10.2. The molecule has 0 aliphatic carbocycles. The Hall–Kier alpha value is -2.31. The number of carbonyl (C=O) groups excluding carboxylic acids is 1. The number of hydrogen-bond donors (Lipinski definition) is 1. The van der Waals surface area contributed by atoms with Crippen LogP contribution in [0.4, 0.5) is 5.69 Å². The van der Waals surface area contributed by atoms with Crippen molar-refractivity contribution in [2.24, 2.45) is 0 Å². The summed E-state index contributed by atoms with van der Waals surface area (Å²) in [5.41, 5.74) is 3.47. The normalized spacial score (nSPS) is 11.3. The van der Waals surface area contributed by atoms with E-state index in [0.717, 1.165) is 35.0 Å². The van der Waals surface area contributed by atoms with Crippen LogP contribution in [-0.4, -0.2) is 32.1 Å². The van der Waals surface area contributed by atoms with Gasteiger partial charge in [-0.15, -0.1) is 0 Å². The minimum atomic E-state index is -0.0415. The highest BCUT2D eigenvalue weighted by atomic mass is 32.1. The zero-order valence-electron chi connectivity index (χ0n) is 13.8. The van der Waals surface area contributed by atoms with Crippen molar-refractivity contribution >= 4 is 34.4 Å². The maximum absolute atomic E-state index is 12.5. The third-order valence-electron chi connectivity index (χ3n) is 3.87. The minimum Gasteiger partial charge on any atom is -0.323 e. The van der Waals surface area contributed by atoms with E-state index in [4.69, 9.17) is 0 Å². The van der Waals surface area contributed by atoms with Gasteiger partial charge in [0, 0.05) is 12.6 Å². The number of hydrogen-bond acceptors (Lipinski definition) is 5. The number of amides is 1. The number of nitrogens with one attached hydrogen (secondary N) is 1. The first kappa shape index (κ1) is 16.5. The molecule has 24 heavy (non-hydrogen) atoms. The molecule has 0 saturated heterocycles. The standard InChI is InChI=1S/C18H20N4OS/c1-13(2)22(11-14-7-4-3-5-8-14)12-17(23)19-15-9-6-10-16-18(15)21-24-20-16/h3-10,13H,11-12H2,1-2H3,(H,19,23). The summed E-state index contributed by atoms with van der Waals surface area (Å²) in [4.78, 5) is 14.6. The van der Waals surface area contributed by atoms with Crippen LogP contribution in [0.5, 0.6) is 0 Å². The smallest absolute Gasteiger partial charge is 0.238 e. The van der Waals surface area contributed by atoms with Gasteiger partial charge in [0.25, 0.3) is 0 Å². The van der Waals surface area contributed by atoms with Gasteiger partial charge < -0.3 is 5.32 Å². The Balaban J connectivity index is 1.68. The molecule has 1 heterocycles. The van der Waals surface area contributed by atoms with Crippen LogP contribution >= 0.6 is 11.7 Å². The van der Waals surface area contributed by atoms with Crippen molar-refractivity contribution in [3.05, 3.63) is 54.1 Å². The van der Waals surface area contributed by atoms with Crippen molar-refractivity contribution in [1.29, 1.82) is 0 Å². The second kappa shape index (κ2) is 7.51. The summed E-state index contributed by atoms with van der Waals surface area (Å²) >= 11 is 1.15. The Kier molecular flexibility index (Phi) is 5.17. The zero-order chi connectivity index (χ0) is 16.9. The van der Waals surface area contributed by atoms with Gasteiger partial charge in [-0.3, -0.25) is 9.69 Å². The predicted molar refractivity (Wildman–Crippen MR) is 98.0 cm³/mol. The molecule has 0 fully saturated rings. The van der Waals surface area contributed by atoms with Crippen LogP contribution in [0.3, 0.4) is 0 Å². The van der Waals surface area contributed by atoms with E-state index in [1.165, 1.54) is 5.56 Å². The van der Waals surface area contributed by atoms with Gasteiger partial charge >= 0.3 is 0 Å². The maximum Gasteiger partial charge on any atom is 0.238 e. The van der Waals surface area contributed by atoms with Crippen molar-refractivity contribution in [2.75, 3.05) is 11.9 Å². The molecule has 0 aliphatic rings. The Morgan fingerprint density at radius 1 is 1.12 bits per heavy atom. The van der Waals surface area contributed by atoms with E-state index in [1.807, 2.05) is 36.4 Å². The number of aromatic nitrogens is 2. The fourth-order valence-corrected chi connectivity index (χ4v) is 3.07. The van der Waals surface area contributed by atoms with E-state index >= 15 is 0 Å². The molecule has 6 heteroatoms. The van der Waals surface area contributed by atoms with E-state index in [0.29, 0.717) is 6.54 Å². The van der Waals surface area contributed by atoms with E-state index in [9.17, 15) is 4.79 Å². The molecular weight excluding hydrogens is 320 g/mol. The molecule has 0 bridgehead atoms. The van der Waals surface area contributed by atoms with E-state index in [-0.39, 0.29) is 11.9 Å². The number of anilines is 1. The molecule has 2 aromatic carbocycles. The maximum atomic E-state index is 12.5. The van der Waals surface area contributed by atoms with Crippen LogP contribution in [0.15, 0.2) is 48.5 Å². The number of rotatable bonds is 6. The molecule has 1 amide bonds. The summed E-state index contributed by atoms with van der Waals surface area (Å²) in [6.07, 6.45) is 0. The molecule has 5 nitrogen and oxygen atoms in total. The van der Waals surface area contributed by atoms with Gasteiger partial charge in [-0.1, -0.05) is 36.4 Å². The summed E-state index contributed by atoms with van der Waals surface area (Å²) in [6.45, 7) is 5.28. The molecule has 0 saturated carbocycles. The Morgan fingerprint density at radius 3 is 2.67 bits per heavy atom. The van der Waals surface area contributed by atoms with E-state index < -0.39 is 0 Å². The summed E-state index contributed by atoms with van der Waals surface area (Å²) in [5.74, 6) is -0.0415. The van der Waals surface area contributed by atoms with Crippen molar-refractivity contribution in [1.82, 2.24) is 13.6 Å². The van der Waals surface area contributed by atoms with E-state index in [2.05, 4.69) is 44.9 Å². The zero-order valence-corrected chi connectivity index (χ0v) is 14.6. The lowest BCUT2D eigenvalue weighted by Crippen LogP contribution is -2.37. The lowest BCUT2D eigenvalue weighted by molar-refractivity contribution is -0.117. The monoisotopic (exact) mass is 340 g/mol. The highest BCUT2D eigenvalue weighted by Crippen LogP contribution is 2.21. The van der Waals surface area contributed by atoms with Crippen LogP contribution in [0.25, 0.3) is 11.0 Å². The molecule has 124 valence electrons. The topological polar surface area (TPSA) is 58.1 Å². The van der Waals surface area contributed by atoms with Gasteiger partial charge in [0.1, 0.15) is 11.0 Å². The molecule has 1 N–H and O–H groups in total. The highest BCUT2D eigenvalue weighted by molar-refractivity contribution is 7.00. The molecular formula is C18H20N4OS. The fraction of sp³-hybridized carbons (Fsp3) is 0.278. The molecule has 0 radical (unpaired) electrons. The largest absolute Gasteiger partial charge is 0.323 e. The molecule has 0 unspecified atom stereocenters. The average molecular weight is 340 g/mol. The lowest BCUT2D eigenvalue weighted by Gasteiger charge is -2.25. The number of nitrogens with zero attached hydrogens (tertiary/aromatic N) is 3. The Labute approximate surface area is 145 Å². The van der Waals surface area contributed by atoms with Crippen LogP contribution in [0.2, 0.25) is 0 Å². The SMILES string of the molecule is CC(C)N(CC(=O)Nc1cccc2nsnc12)Cc1ccccc1. The minimum absolute atomic E-state index is 0.0415. The van der Waals surface area contributed by atoms with Crippen LogP contribution in [0, 0.1) is 0 Å². The van der Waals surface area contributed by atoms with Gasteiger partial charge in [0.15, 0.2) is 0 Å². The quantitative estimate of drug-likeness (QED) is 0.746. The summed E-state index contributed by atoms with van der Waals surface area (Å²) in [5, 5.41) is 2.97. The third kappa shape index (κ3) is 3.96. The first-order valence-electron chi connectivity index (χ1n) is 7.92. The first-order valence-corrected chi connectivity index (χ1v) is 8.65. The van der Waals surface area contributed by atoms with Gasteiger partial charge in [-0.25, -0.2) is 0 Å². The Morgan fingerprint density at radius 2 is 1.92 bits per heavy atom. The molecule has 0 spiro atoms. The number of carbonyl (C=O) groups is 1. The molecule has 0 aliphatic heterocycles. The second-order valence-electron chi connectivity index (χ2n) is 5.97. The highest BCUT2D eigenvalue weighted by Gasteiger charge is 2.16. The summed E-state index contributed by atoms with van der Waals surface area (Å²) in [7, 11) is 0. The van der Waals surface area contributed by atoms with Crippen molar-refractivity contribution in [2.45, 2.75) is 26.4 Å². The van der Waals surface area contributed by atoms with Gasteiger partial charge in [0.05, 0.1) is 24.0 Å². The van der Waals surface area contributed by atoms with Gasteiger partial charge in [-0.05, 0) is 31.5 Å². The van der Waals surface area contributed by atoms with Crippen molar-refractivity contribution < 1.29 is 4.79 Å². The molecule has 3 rings (SSSR count). The average Bonchev–Trinajstić information content (AvgIpc) is 3.05. The summed E-state index contributed by atoms with van der Waals surface area (Å²) in [6, 6.07) is 16.1. The van der Waals surface area contributed by atoms with Gasteiger partial charge in [-0.2, -0.15) is 8.75 Å². The van der Waals surface area contributed by atoms with Crippen molar-refractivity contribution in [3.63, 3.8) is 0 Å². The fourth-order valence-electron chi connectivity index (χ4n) is 2.52. The van der Waals surface area contributed by atoms with E-state index in [1.54, 1.807) is 0 Å². The third-order valence-corrected chi connectivity index (χ3v) is 4.41. The second-order valence-corrected chi connectivity index (χ2v) is 6.50. The first-order chi connectivity index (χ1) is 11.6. The van der Waals surface area contributed by atoms with Crippen LogP contribution in [-0.2, 0) is 11.3 Å². The van der Waals surface area contributed by atoms with Gasteiger partial charge in [0.2, 0.25) is 5.91 Å². The molecule has 0 atom stereocenters. The Bertz CT molecular complexity index is 816. The molecule has 3 aromatic rings. The number of fused-ring (bicyclic) bond motifs is 1. The number of benzene rings is 2. The molecule has 1 aromatic heterocycles.